The second-order valence-corrected chi connectivity index (χ2v) is 6.13. The highest BCUT2D eigenvalue weighted by molar-refractivity contribution is 9.10. The zero-order valence-electron chi connectivity index (χ0n) is 12.4. The summed E-state index contributed by atoms with van der Waals surface area (Å²) in [5.41, 5.74) is 2.82. The molecular formula is C18H16BrN3O. The molecule has 5 heteroatoms. The van der Waals surface area contributed by atoms with Crippen LogP contribution in [0.2, 0.25) is 0 Å². The lowest BCUT2D eigenvalue weighted by Gasteiger charge is -2.07. The summed E-state index contributed by atoms with van der Waals surface area (Å²) >= 11 is 3.43. The van der Waals surface area contributed by atoms with Crippen LogP contribution in [0.5, 0.6) is 0 Å². The molecule has 23 heavy (non-hydrogen) atoms. The third-order valence-electron chi connectivity index (χ3n) is 3.46. The summed E-state index contributed by atoms with van der Waals surface area (Å²) in [6.45, 7) is 1.21. The molecule has 0 bridgehead atoms. The Balaban J connectivity index is 1.59. The van der Waals surface area contributed by atoms with Gasteiger partial charge in [-0.05, 0) is 41.5 Å². The summed E-state index contributed by atoms with van der Waals surface area (Å²) in [6, 6.07) is 17.4. The van der Waals surface area contributed by atoms with Gasteiger partial charge in [0.15, 0.2) is 0 Å². The minimum atomic E-state index is -0.0735. The largest absolute Gasteiger partial charge is 0.348 e. The highest BCUT2D eigenvalue weighted by atomic mass is 79.9. The smallest absolute Gasteiger partial charge is 0.251 e. The molecule has 0 fully saturated rings. The van der Waals surface area contributed by atoms with Crippen LogP contribution in [-0.2, 0) is 13.1 Å². The third kappa shape index (κ3) is 4.29. The van der Waals surface area contributed by atoms with Crippen molar-refractivity contribution in [3.63, 3.8) is 0 Å². The van der Waals surface area contributed by atoms with Crippen molar-refractivity contribution in [1.82, 2.24) is 15.1 Å². The molecule has 1 amide bonds. The molecule has 1 N–H and O–H groups in total. The van der Waals surface area contributed by atoms with Crippen molar-refractivity contribution in [3.05, 3.63) is 88.2 Å². The fourth-order valence-corrected chi connectivity index (χ4v) is 2.72. The summed E-state index contributed by atoms with van der Waals surface area (Å²) in [5.74, 6) is -0.0735. The lowest BCUT2D eigenvalue weighted by atomic mass is 10.1. The van der Waals surface area contributed by atoms with E-state index in [1.807, 2.05) is 65.5 Å². The lowest BCUT2D eigenvalue weighted by molar-refractivity contribution is 0.0951. The maximum atomic E-state index is 12.2. The predicted octanol–water partition coefficient (Wildman–Crippen LogP) is 3.62. The van der Waals surface area contributed by atoms with Gasteiger partial charge in [0, 0.05) is 29.0 Å². The van der Waals surface area contributed by atoms with Crippen LogP contribution in [0.4, 0.5) is 0 Å². The van der Waals surface area contributed by atoms with Gasteiger partial charge in [-0.15, -0.1) is 0 Å². The van der Waals surface area contributed by atoms with Crippen molar-refractivity contribution >= 4 is 21.8 Å². The first-order chi connectivity index (χ1) is 11.2. The van der Waals surface area contributed by atoms with E-state index in [0.29, 0.717) is 18.7 Å². The Hall–Kier alpha value is -2.40. The van der Waals surface area contributed by atoms with Gasteiger partial charge in [0.2, 0.25) is 0 Å². The van der Waals surface area contributed by atoms with Crippen LogP contribution in [0.25, 0.3) is 0 Å². The standard InChI is InChI=1S/C18H16BrN3O/c19-17-4-1-3-15(11-17)12-20-18(23)16-7-5-14(6-8-16)13-22-10-2-9-21-22/h1-11H,12-13H2,(H,20,23). The topological polar surface area (TPSA) is 46.9 Å². The number of carbonyl (C=O) groups excluding carboxylic acids is 1. The summed E-state index contributed by atoms with van der Waals surface area (Å²) < 4.78 is 2.86. The zero-order chi connectivity index (χ0) is 16.1. The van der Waals surface area contributed by atoms with Crippen molar-refractivity contribution in [2.24, 2.45) is 0 Å². The number of hydrogen-bond acceptors (Lipinski definition) is 2. The van der Waals surface area contributed by atoms with E-state index in [-0.39, 0.29) is 5.91 Å². The van der Waals surface area contributed by atoms with E-state index >= 15 is 0 Å². The van der Waals surface area contributed by atoms with Crippen LogP contribution in [0.3, 0.4) is 0 Å². The van der Waals surface area contributed by atoms with Gasteiger partial charge in [0.05, 0.1) is 6.54 Å². The number of halogens is 1. The molecule has 0 aliphatic rings. The predicted molar refractivity (Wildman–Crippen MR) is 93.1 cm³/mol. The number of nitrogens with one attached hydrogen (secondary N) is 1. The number of amides is 1. The molecule has 1 aromatic heterocycles. The quantitative estimate of drug-likeness (QED) is 0.746. The lowest BCUT2D eigenvalue weighted by Crippen LogP contribution is -2.22. The first-order valence-electron chi connectivity index (χ1n) is 7.30. The minimum Gasteiger partial charge on any atom is -0.348 e. The van der Waals surface area contributed by atoms with E-state index in [4.69, 9.17) is 0 Å². The van der Waals surface area contributed by atoms with Crippen LogP contribution in [-0.4, -0.2) is 15.7 Å². The maximum Gasteiger partial charge on any atom is 0.251 e. The molecule has 3 aromatic rings. The van der Waals surface area contributed by atoms with Gasteiger partial charge in [-0.2, -0.15) is 5.10 Å². The van der Waals surface area contributed by atoms with E-state index in [9.17, 15) is 4.79 Å². The minimum absolute atomic E-state index is 0.0735. The average molecular weight is 370 g/mol. The van der Waals surface area contributed by atoms with Crippen LogP contribution in [0.1, 0.15) is 21.5 Å². The second-order valence-electron chi connectivity index (χ2n) is 5.21. The average Bonchev–Trinajstić information content (AvgIpc) is 3.06. The SMILES string of the molecule is O=C(NCc1cccc(Br)c1)c1ccc(Cn2cccn2)cc1. The molecule has 0 radical (unpaired) electrons. The molecule has 116 valence electrons. The summed E-state index contributed by atoms with van der Waals surface area (Å²) in [5, 5.41) is 7.10. The number of carbonyl (C=O) groups is 1. The molecule has 0 spiro atoms. The van der Waals surface area contributed by atoms with Gasteiger partial charge in [0.25, 0.3) is 5.91 Å². The first-order valence-corrected chi connectivity index (χ1v) is 8.09. The molecule has 4 nitrogen and oxygen atoms in total. The Bertz CT molecular complexity index is 782. The van der Waals surface area contributed by atoms with Crippen molar-refractivity contribution in [2.45, 2.75) is 13.1 Å². The van der Waals surface area contributed by atoms with Crippen LogP contribution < -0.4 is 5.32 Å². The van der Waals surface area contributed by atoms with Crippen molar-refractivity contribution in [3.8, 4) is 0 Å². The second kappa shape index (κ2) is 7.24. The Morgan fingerprint density at radius 2 is 1.91 bits per heavy atom. The Kier molecular flexibility index (Phi) is 4.88. The molecule has 0 aliphatic heterocycles. The van der Waals surface area contributed by atoms with Crippen molar-refractivity contribution in [2.75, 3.05) is 0 Å². The first kappa shape index (κ1) is 15.5. The molecule has 0 aliphatic carbocycles. The fourth-order valence-electron chi connectivity index (χ4n) is 2.27. The number of hydrogen-bond donors (Lipinski definition) is 1. The molecule has 2 aromatic carbocycles. The fraction of sp³-hybridized carbons (Fsp3) is 0.111. The molecule has 3 rings (SSSR count). The molecule has 0 unspecified atom stereocenters. The third-order valence-corrected chi connectivity index (χ3v) is 3.96. The van der Waals surface area contributed by atoms with Crippen LogP contribution in [0.15, 0.2) is 71.5 Å². The van der Waals surface area contributed by atoms with Gasteiger partial charge < -0.3 is 5.32 Å². The highest BCUT2D eigenvalue weighted by Gasteiger charge is 2.05. The maximum absolute atomic E-state index is 12.2. The van der Waals surface area contributed by atoms with Crippen LogP contribution in [0, 0.1) is 0 Å². The monoisotopic (exact) mass is 369 g/mol. The normalized spacial score (nSPS) is 10.5. The van der Waals surface area contributed by atoms with Gasteiger partial charge >= 0.3 is 0 Å². The Labute approximate surface area is 143 Å². The van der Waals surface area contributed by atoms with Gasteiger partial charge in [0.1, 0.15) is 0 Å². The molecule has 0 saturated carbocycles. The van der Waals surface area contributed by atoms with E-state index in [0.717, 1.165) is 15.6 Å². The van der Waals surface area contributed by atoms with Crippen molar-refractivity contribution in [1.29, 1.82) is 0 Å². The van der Waals surface area contributed by atoms with Gasteiger partial charge in [-0.1, -0.05) is 40.2 Å². The van der Waals surface area contributed by atoms with Crippen molar-refractivity contribution < 1.29 is 4.79 Å². The highest BCUT2D eigenvalue weighted by Crippen LogP contribution is 2.12. The Morgan fingerprint density at radius 3 is 2.61 bits per heavy atom. The number of nitrogens with zero attached hydrogens (tertiary/aromatic N) is 2. The zero-order valence-corrected chi connectivity index (χ0v) is 14.0. The summed E-state index contributed by atoms with van der Waals surface area (Å²) in [7, 11) is 0. The molecule has 0 saturated heterocycles. The van der Waals surface area contributed by atoms with Crippen LogP contribution >= 0.6 is 15.9 Å². The number of aromatic nitrogens is 2. The molecular weight excluding hydrogens is 354 g/mol. The molecule has 1 heterocycles. The van der Waals surface area contributed by atoms with E-state index in [2.05, 4.69) is 26.3 Å². The van der Waals surface area contributed by atoms with E-state index in [1.54, 1.807) is 6.20 Å². The number of rotatable bonds is 5. The summed E-state index contributed by atoms with van der Waals surface area (Å²) in [6.07, 6.45) is 3.67. The van der Waals surface area contributed by atoms with Gasteiger partial charge in [-0.3, -0.25) is 9.48 Å². The Morgan fingerprint density at radius 1 is 1.09 bits per heavy atom. The van der Waals surface area contributed by atoms with E-state index in [1.165, 1.54) is 0 Å². The van der Waals surface area contributed by atoms with Gasteiger partial charge in [-0.25, -0.2) is 0 Å². The summed E-state index contributed by atoms with van der Waals surface area (Å²) in [4.78, 5) is 12.2. The van der Waals surface area contributed by atoms with E-state index < -0.39 is 0 Å². The number of benzene rings is 2. The molecule has 0 atom stereocenters.